The third-order valence-corrected chi connectivity index (χ3v) is 9.67. The van der Waals surface area contributed by atoms with Crippen LogP contribution in [0, 0.1) is 0 Å². The van der Waals surface area contributed by atoms with Crippen LogP contribution in [0.4, 0.5) is 0 Å². The molecule has 0 spiro atoms. The van der Waals surface area contributed by atoms with Crippen molar-refractivity contribution in [2.24, 2.45) is 0 Å². The van der Waals surface area contributed by atoms with Crippen LogP contribution in [0.1, 0.15) is 155 Å². The fourth-order valence-electron chi connectivity index (χ4n) is 5.33. The molecule has 0 heterocycles. The minimum Gasteiger partial charge on any atom is -0.462 e. The molecule has 0 bridgehead atoms. The van der Waals surface area contributed by atoms with Crippen molar-refractivity contribution in [1.29, 1.82) is 0 Å². The van der Waals surface area contributed by atoms with Crippen LogP contribution in [-0.4, -0.2) is 65.7 Å². The first-order valence-corrected chi connectivity index (χ1v) is 23.7. The Kier molecular flexibility index (Phi) is 40.7. The van der Waals surface area contributed by atoms with E-state index in [1.807, 2.05) is 6.08 Å². The molecule has 0 saturated carbocycles. The zero-order valence-electron chi connectivity index (χ0n) is 36.4. The van der Waals surface area contributed by atoms with E-state index in [0.717, 1.165) is 57.8 Å². The van der Waals surface area contributed by atoms with Gasteiger partial charge in [0, 0.05) is 12.8 Å². The number of carbonyl (C=O) groups excluding carboxylic acids is 2. The summed E-state index contributed by atoms with van der Waals surface area (Å²) < 4.78 is 32.6. The first-order chi connectivity index (χ1) is 28.7. The van der Waals surface area contributed by atoms with Crippen molar-refractivity contribution < 1.29 is 47.8 Å². The molecule has 3 atom stereocenters. The minimum atomic E-state index is -4.65. The van der Waals surface area contributed by atoms with Crippen molar-refractivity contribution in [2.75, 3.05) is 26.4 Å². The lowest BCUT2D eigenvalue weighted by molar-refractivity contribution is -0.161. The average Bonchev–Trinajstić information content (AvgIpc) is 3.22. The van der Waals surface area contributed by atoms with Gasteiger partial charge in [-0.25, -0.2) is 4.57 Å². The Morgan fingerprint density at radius 3 is 1.46 bits per heavy atom. The standard InChI is InChI=1S/C48H79O10P/c1-3-5-7-9-11-13-15-17-19-20-21-22-23-24-26-27-29-31-33-35-37-39-47(51)55-43-46(44-57-59(53,54)56-42-45(50)41-49)58-48(52)40-38-36-34-32-30-28-25-18-16-14-12-10-8-6-4-2/h6,8,12,14,18-20,22-23,25-27,30-33,45-46,49-50H,3-5,7,9-11,13,15-17,21,24,28-29,34-44H2,1-2H3,(H,53,54)/b8-6+,14-12+,20-19+,23-22+,25-18+,27-26+,32-30+,33-31+/t45-,46+/m1/s1. The SMILES string of the molecule is CC/C=C/C/C=C/C/C=C/C/C=C/CCCCC(=O)O[C@@H](COC(=O)CCC/C=C/C/C=C/C/C=C/C/C=C/CCCCCCCCC)COP(=O)(O)OC[C@H](O)CO. The number of phosphoric ester groups is 1. The van der Waals surface area contributed by atoms with Gasteiger partial charge in [-0.1, -0.05) is 150 Å². The summed E-state index contributed by atoms with van der Waals surface area (Å²) in [5.41, 5.74) is 0. The maximum Gasteiger partial charge on any atom is 0.472 e. The van der Waals surface area contributed by atoms with E-state index in [0.29, 0.717) is 19.3 Å². The lowest BCUT2D eigenvalue weighted by Crippen LogP contribution is -2.29. The van der Waals surface area contributed by atoms with Crippen LogP contribution in [0.25, 0.3) is 0 Å². The number of allylic oxidation sites excluding steroid dienone is 16. The molecule has 0 aliphatic rings. The Bertz CT molecular complexity index is 1300. The third kappa shape index (κ3) is 42.8. The smallest absolute Gasteiger partial charge is 0.462 e. The Balaban J connectivity index is 4.45. The predicted molar refractivity (Wildman–Crippen MR) is 242 cm³/mol. The van der Waals surface area contributed by atoms with Crippen molar-refractivity contribution in [3.05, 3.63) is 97.2 Å². The maximum absolute atomic E-state index is 12.6. The molecule has 0 saturated heterocycles. The lowest BCUT2D eigenvalue weighted by atomic mass is 10.1. The number of aliphatic hydroxyl groups excluding tert-OH is 2. The summed E-state index contributed by atoms with van der Waals surface area (Å²) in [5.74, 6) is -1.05. The lowest BCUT2D eigenvalue weighted by Gasteiger charge is -2.20. The van der Waals surface area contributed by atoms with Crippen LogP contribution >= 0.6 is 7.82 Å². The normalized spacial score (nSPS) is 14.7. The second-order valence-corrected chi connectivity index (χ2v) is 15.8. The second-order valence-electron chi connectivity index (χ2n) is 14.3. The van der Waals surface area contributed by atoms with Gasteiger partial charge >= 0.3 is 19.8 Å². The van der Waals surface area contributed by atoms with E-state index in [4.69, 9.17) is 19.1 Å². The molecule has 0 aliphatic carbocycles. The van der Waals surface area contributed by atoms with Gasteiger partial charge in [0.15, 0.2) is 6.10 Å². The van der Waals surface area contributed by atoms with E-state index in [-0.39, 0.29) is 19.4 Å². The highest BCUT2D eigenvalue weighted by Gasteiger charge is 2.27. The highest BCUT2D eigenvalue weighted by Crippen LogP contribution is 2.43. The Labute approximate surface area is 357 Å². The van der Waals surface area contributed by atoms with Gasteiger partial charge in [0.2, 0.25) is 0 Å². The molecule has 10 nitrogen and oxygen atoms in total. The van der Waals surface area contributed by atoms with Gasteiger partial charge in [0.05, 0.1) is 19.8 Å². The summed E-state index contributed by atoms with van der Waals surface area (Å²) in [7, 11) is -4.65. The molecular formula is C48H79O10P. The van der Waals surface area contributed by atoms with E-state index in [9.17, 15) is 24.2 Å². The monoisotopic (exact) mass is 847 g/mol. The molecule has 336 valence electrons. The number of ether oxygens (including phenoxy) is 2. The van der Waals surface area contributed by atoms with Crippen LogP contribution in [0.3, 0.4) is 0 Å². The molecule has 0 aliphatic heterocycles. The number of rotatable bonds is 40. The first-order valence-electron chi connectivity index (χ1n) is 22.2. The molecule has 0 radical (unpaired) electrons. The van der Waals surface area contributed by atoms with Gasteiger partial charge in [0.25, 0.3) is 0 Å². The Hall–Kier alpha value is -3.11. The number of carbonyl (C=O) groups is 2. The molecule has 0 aromatic rings. The molecule has 0 aromatic heterocycles. The second kappa shape index (κ2) is 43.0. The van der Waals surface area contributed by atoms with Crippen LogP contribution in [0.5, 0.6) is 0 Å². The van der Waals surface area contributed by atoms with Gasteiger partial charge in [0.1, 0.15) is 12.7 Å². The number of phosphoric acid groups is 1. The highest BCUT2D eigenvalue weighted by molar-refractivity contribution is 7.47. The largest absolute Gasteiger partial charge is 0.472 e. The molecule has 0 aromatic carbocycles. The van der Waals surface area contributed by atoms with E-state index in [1.54, 1.807) is 0 Å². The fourth-order valence-corrected chi connectivity index (χ4v) is 6.12. The van der Waals surface area contributed by atoms with Crippen LogP contribution in [-0.2, 0) is 32.7 Å². The van der Waals surface area contributed by atoms with Crippen LogP contribution in [0.15, 0.2) is 97.2 Å². The number of unbranched alkanes of at least 4 members (excludes halogenated alkanes) is 10. The number of aliphatic hydroxyl groups is 2. The quantitative estimate of drug-likeness (QED) is 0.0235. The van der Waals surface area contributed by atoms with Crippen molar-refractivity contribution in [1.82, 2.24) is 0 Å². The van der Waals surface area contributed by atoms with Crippen molar-refractivity contribution in [3.63, 3.8) is 0 Å². The van der Waals surface area contributed by atoms with E-state index in [2.05, 4.69) is 110 Å². The maximum atomic E-state index is 12.6. The molecule has 0 rings (SSSR count). The van der Waals surface area contributed by atoms with E-state index >= 15 is 0 Å². The minimum absolute atomic E-state index is 0.114. The summed E-state index contributed by atoms with van der Waals surface area (Å²) >= 11 is 0. The number of esters is 2. The van der Waals surface area contributed by atoms with Crippen molar-refractivity contribution in [2.45, 2.75) is 167 Å². The van der Waals surface area contributed by atoms with Gasteiger partial charge in [-0.2, -0.15) is 0 Å². The van der Waals surface area contributed by atoms with E-state index < -0.39 is 51.8 Å². The predicted octanol–water partition coefficient (Wildman–Crippen LogP) is 12.0. The van der Waals surface area contributed by atoms with E-state index in [1.165, 1.54) is 51.4 Å². The Morgan fingerprint density at radius 1 is 0.525 bits per heavy atom. The van der Waals surface area contributed by atoms with Gasteiger partial charge in [-0.3, -0.25) is 18.6 Å². The van der Waals surface area contributed by atoms with Crippen LogP contribution in [0.2, 0.25) is 0 Å². The summed E-state index contributed by atoms with van der Waals surface area (Å²) in [6.07, 6.45) is 52.5. The molecule has 0 fully saturated rings. The number of hydrogen-bond donors (Lipinski definition) is 3. The van der Waals surface area contributed by atoms with Crippen LogP contribution < -0.4 is 0 Å². The van der Waals surface area contributed by atoms with Crippen molar-refractivity contribution >= 4 is 19.8 Å². The first kappa shape index (κ1) is 55.9. The molecular weight excluding hydrogens is 767 g/mol. The summed E-state index contributed by atoms with van der Waals surface area (Å²) in [6.45, 7) is 2.13. The molecule has 1 unspecified atom stereocenters. The van der Waals surface area contributed by atoms with Crippen molar-refractivity contribution in [3.8, 4) is 0 Å². The van der Waals surface area contributed by atoms with Gasteiger partial charge in [-0.15, -0.1) is 0 Å². The van der Waals surface area contributed by atoms with Gasteiger partial charge < -0.3 is 24.6 Å². The molecule has 59 heavy (non-hydrogen) atoms. The number of hydrogen-bond acceptors (Lipinski definition) is 9. The molecule has 3 N–H and O–H groups in total. The average molecular weight is 847 g/mol. The zero-order chi connectivity index (χ0) is 43.3. The molecule has 11 heteroatoms. The fraction of sp³-hybridized carbons (Fsp3) is 0.625. The van der Waals surface area contributed by atoms with Gasteiger partial charge in [-0.05, 0) is 89.9 Å². The zero-order valence-corrected chi connectivity index (χ0v) is 37.3. The molecule has 0 amide bonds. The summed E-state index contributed by atoms with van der Waals surface area (Å²) in [5, 5.41) is 18.3. The summed E-state index contributed by atoms with van der Waals surface area (Å²) in [4.78, 5) is 35.0. The highest BCUT2D eigenvalue weighted by atomic mass is 31.2. The summed E-state index contributed by atoms with van der Waals surface area (Å²) in [6, 6.07) is 0. The third-order valence-electron chi connectivity index (χ3n) is 8.72. The Morgan fingerprint density at radius 2 is 0.949 bits per heavy atom. The topological polar surface area (TPSA) is 149 Å².